The minimum absolute atomic E-state index is 0.265. The fraction of sp³-hybridized carbons (Fsp3) is 0.444. The third-order valence-corrected chi connectivity index (χ3v) is 3.65. The van der Waals surface area contributed by atoms with Crippen LogP contribution < -0.4 is 4.74 Å². The Balaban J connectivity index is 2.01. The van der Waals surface area contributed by atoms with Gasteiger partial charge in [0.15, 0.2) is 0 Å². The van der Waals surface area contributed by atoms with Gasteiger partial charge in [0.1, 0.15) is 25.0 Å². The second kappa shape index (κ2) is 7.42. The van der Waals surface area contributed by atoms with Crippen molar-refractivity contribution in [2.24, 2.45) is 5.41 Å². The van der Waals surface area contributed by atoms with Crippen LogP contribution in [-0.4, -0.2) is 32.6 Å². The molecule has 0 fully saturated rings. The molecular weight excluding hydrogens is 290 g/mol. The fourth-order valence-electron chi connectivity index (χ4n) is 2.20. The molecule has 1 N–H and O–H groups in total. The van der Waals surface area contributed by atoms with Crippen molar-refractivity contribution in [2.75, 3.05) is 6.61 Å². The van der Waals surface area contributed by atoms with Crippen molar-refractivity contribution in [3.05, 3.63) is 54.6 Å². The molecule has 0 aliphatic rings. The molecule has 23 heavy (non-hydrogen) atoms. The van der Waals surface area contributed by atoms with Crippen LogP contribution in [0.1, 0.15) is 32.4 Å². The Bertz CT molecular complexity index is 613. The maximum absolute atomic E-state index is 10.6. The molecule has 5 heteroatoms. The van der Waals surface area contributed by atoms with E-state index in [4.69, 9.17) is 4.74 Å². The van der Waals surface area contributed by atoms with Gasteiger partial charge in [0.05, 0.1) is 12.1 Å². The quantitative estimate of drug-likeness (QED) is 0.832. The van der Waals surface area contributed by atoms with Gasteiger partial charge in [-0.3, -0.25) is 0 Å². The average molecular weight is 315 g/mol. The van der Waals surface area contributed by atoms with Gasteiger partial charge in [-0.05, 0) is 30.5 Å². The normalized spacial score (nSPS) is 14.8. The van der Waals surface area contributed by atoms with E-state index in [1.807, 2.05) is 64.1 Å². The highest BCUT2D eigenvalue weighted by Crippen LogP contribution is 2.28. The molecule has 0 amide bonds. The third-order valence-electron chi connectivity index (χ3n) is 3.65. The first-order valence-corrected chi connectivity index (χ1v) is 7.76. The molecule has 0 saturated carbocycles. The molecule has 1 heterocycles. The number of nitrogens with zero attached hydrogens (tertiary/aromatic N) is 3. The van der Waals surface area contributed by atoms with E-state index in [2.05, 4.69) is 10.1 Å². The molecule has 2 unspecified atom stereocenters. The lowest BCUT2D eigenvalue weighted by Crippen LogP contribution is -2.35. The molecule has 0 saturated heterocycles. The van der Waals surface area contributed by atoms with Crippen LogP contribution in [0.15, 0.2) is 49.1 Å². The number of aryl methyl sites for hydroxylation is 1. The lowest BCUT2D eigenvalue weighted by Gasteiger charge is -2.31. The number of aliphatic hydroxyl groups is 1. The van der Waals surface area contributed by atoms with Gasteiger partial charge in [-0.1, -0.05) is 44.5 Å². The number of benzene rings is 1. The SMILES string of the molecule is Cc1ccc(OC/C=C/C(C(O)C(C)(C)C)n2cncn2)cc1. The molecule has 0 radical (unpaired) electrons. The van der Waals surface area contributed by atoms with E-state index < -0.39 is 6.10 Å². The monoisotopic (exact) mass is 315 g/mol. The van der Waals surface area contributed by atoms with E-state index in [1.54, 1.807) is 11.0 Å². The first kappa shape index (κ1) is 17.2. The second-order valence-corrected chi connectivity index (χ2v) is 6.73. The second-order valence-electron chi connectivity index (χ2n) is 6.73. The smallest absolute Gasteiger partial charge is 0.137 e. The van der Waals surface area contributed by atoms with Gasteiger partial charge in [0.2, 0.25) is 0 Å². The zero-order valence-electron chi connectivity index (χ0n) is 14.2. The zero-order valence-corrected chi connectivity index (χ0v) is 14.2. The van der Waals surface area contributed by atoms with E-state index in [1.165, 1.54) is 11.9 Å². The first-order chi connectivity index (χ1) is 10.9. The van der Waals surface area contributed by atoms with Gasteiger partial charge in [-0.2, -0.15) is 5.10 Å². The highest BCUT2D eigenvalue weighted by Gasteiger charge is 2.30. The Morgan fingerprint density at radius 3 is 2.52 bits per heavy atom. The van der Waals surface area contributed by atoms with Crippen LogP contribution in [0.3, 0.4) is 0 Å². The number of hydrogen-bond donors (Lipinski definition) is 1. The van der Waals surface area contributed by atoms with Crippen LogP contribution >= 0.6 is 0 Å². The van der Waals surface area contributed by atoms with Gasteiger partial charge in [-0.25, -0.2) is 9.67 Å². The van der Waals surface area contributed by atoms with Crippen LogP contribution in [0.25, 0.3) is 0 Å². The van der Waals surface area contributed by atoms with E-state index in [9.17, 15) is 5.11 Å². The molecule has 1 aromatic carbocycles. The molecular formula is C18H25N3O2. The summed E-state index contributed by atoms with van der Waals surface area (Å²) in [5.74, 6) is 0.828. The van der Waals surface area contributed by atoms with E-state index in [-0.39, 0.29) is 11.5 Å². The van der Waals surface area contributed by atoms with Crippen molar-refractivity contribution in [2.45, 2.75) is 39.8 Å². The number of aliphatic hydroxyl groups excluding tert-OH is 1. The molecule has 0 bridgehead atoms. The predicted octanol–water partition coefficient (Wildman–Crippen LogP) is 3.17. The minimum Gasteiger partial charge on any atom is -0.490 e. The van der Waals surface area contributed by atoms with Gasteiger partial charge < -0.3 is 9.84 Å². The zero-order chi connectivity index (χ0) is 16.9. The lowest BCUT2D eigenvalue weighted by molar-refractivity contribution is 0.0283. The summed E-state index contributed by atoms with van der Waals surface area (Å²) < 4.78 is 7.35. The van der Waals surface area contributed by atoms with Crippen LogP contribution in [0.5, 0.6) is 5.75 Å². The van der Waals surface area contributed by atoms with Crippen molar-refractivity contribution in [1.29, 1.82) is 0 Å². The summed E-state index contributed by atoms with van der Waals surface area (Å²) in [6.45, 7) is 8.47. The van der Waals surface area contributed by atoms with E-state index >= 15 is 0 Å². The molecule has 0 spiro atoms. The molecule has 1 aromatic heterocycles. The van der Waals surface area contributed by atoms with Gasteiger partial charge in [-0.15, -0.1) is 0 Å². The maximum atomic E-state index is 10.6. The molecule has 2 atom stereocenters. The van der Waals surface area contributed by atoms with Gasteiger partial charge in [0.25, 0.3) is 0 Å². The van der Waals surface area contributed by atoms with E-state index in [0.29, 0.717) is 6.61 Å². The van der Waals surface area contributed by atoms with Crippen molar-refractivity contribution in [3.63, 3.8) is 0 Å². The number of aromatic nitrogens is 3. The summed E-state index contributed by atoms with van der Waals surface area (Å²) in [7, 11) is 0. The molecule has 0 aliphatic heterocycles. The van der Waals surface area contributed by atoms with Crippen molar-refractivity contribution < 1.29 is 9.84 Å². The van der Waals surface area contributed by atoms with Crippen molar-refractivity contribution in [1.82, 2.24) is 14.8 Å². The summed E-state index contributed by atoms with van der Waals surface area (Å²) in [5.41, 5.74) is 0.936. The summed E-state index contributed by atoms with van der Waals surface area (Å²) >= 11 is 0. The highest BCUT2D eigenvalue weighted by molar-refractivity contribution is 5.26. The lowest BCUT2D eigenvalue weighted by atomic mass is 9.84. The van der Waals surface area contributed by atoms with Crippen molar-refractivity contribution >= 4 is 0 Å². The summed E-state index contributed by atoms with van der Waals surface area (Å²) in [4.78, 5) is 3.97. The summed E-state index contributed by atoms with van der Waals surface area (Å²) in [5, 5.41) is 14.7. The predicted molar refractivity (Wildman–Crippen MR) is 90.3 cm³/mol. The van der Waals surface area contributed by atoms with E-state index in [0.717, 1.165) is 5.75 Å². The minimum atomic E-state index is -0.583. The van der Waals surface area contributed by atoms with Gasteiger partial charge >= 0.3 is 0 Å². The average Bonchev–Trinajstić information content (AvgIpc) is 3.01. The Morgan fingerprint density at radius 1 is 1.26 bits per heavy atom. The standard InChI is InChI=1S/C18H25N3O2/c1-14-7-9-15(10-8-14)23-11-5-6-16(17(22)18(2,3)4)21-13-19-12-20-21/h5-10,12-13,16-17,22H,11H2,1-4H3/b6-5+. The molecule has 2 aromatic rings. The third kappa shape index (κ3) is 4.93. The largest absolute Gasteiger partial charge is 0.490 e. The maximum Gasteiger partial charge on any atom is 0.137 e. The molecule has 124 valence electrons. The van der Waals surface area contributed by atoms with Crippen LogP contribution in [-0.2, 0) is 0 Å². The Hall–Kier alpha value is -2.14. The highest BCUT2D eigenvalue weighted by atomic mass is 16.5. The van der Waals surface area contributed by atoms with Crippen LogP contribution in [0.4, 0.5) is 0 Å². The number of hydrogen-bond acceptors (Lipinski definition) is 4. The number of ether oxygens (including phenoxy) is 1. The molecule has 0 aliphatic carbocycles. The van der Waals surface area contributed by atoms with Crippen LogP contribution in [0, 0.1) is 12.3 Å². The molecule has 2 rings (SSSR count). The van der Waals surface area contributed by atoms with Gasteiger partial charge in [0, 0.05) is 0 Å². The molecule has 5 nitrogen and oxygen atoms in total. The Labute approximate surface area is 137 Å². The Kier molecular flexibility index (Phi) is 5.55. The Morgan fingerprint density at radius 2 is 1.96 bits per heavy atom. The summed E-state index contributed by atoms with van der Waals surface area (Å²) in [6, 6.07) is 7.64. The topological polar surface area (TPSA) is 60.2 Å². The van der Waals surface area contributed by atoms with Crippen molar-refractivity contribution in [3.8, 4) is 5.75 Å². The summed E-state index contributed by atoms with van der Waals surface area (Å²) in [6.07, 6.45) is 6.32. The fourth-order valence-corrected chi connectivity index (χ4v) is 2.20. The first-order valence-electron chi connectivity index (χ1n) is 7.76. The van der Waals surface area contributed by atoms with Crippen LogP contribution in [0.2, 0.25) is 0 Å². The number of rotatable bonds is 6.